The Hall–Kier alpha value is -3.17. The number of fused-ring (bicyclic) bond motifs is 1. The minimum Gasteiger partial charge on any atom is -0.379 e. The number of hydrogen-bond acceptors (Lipinski definition) is 6. The van der Waals surface area contributed by atoms with Crippen molar-refractivity contribution in [2.45, 2.75) is 13.5 Å². The van der Waals surface area contributed by atoms with Crippen LogP contribution in [0.1, 0.15) is 21.6 Å². The summed E-state index contributed by atoms with van der Waals surface area (Å²) < 4.78 is 20.9. The molecule has 2 aliphatic heterocycles. The molecule has 0 radical (unpaired) electrons. The fourth-order valence-corrected chi connectivity index (χ4v) is 4.16. The van der Waals surface area contributed by atoms with Gasteiger partial charge < -0.3 is 9.64 Å². The fraction of sp³-hybridized carbons (Fsp3) is 0.364. The lowest BCUT2D eigenvalue weighted by molar-refractivity contribution is 0.0327. The Kier molecular flexibility index (Phi) is 5.21. The zero-order valence-corrected chi connectivity index (χ0v) is 17.3. The molecular weight excluding hydrogens is 399 g/mol. The summed E-state index contributed by atoms with van der Waals surface area (Å²) in [6, 6.07) is 8.99. The van der Waals surface area contributed by atoms with Crippen LogP contribution in [-0.4, -0.2) is 75.1 Å². The van der Waals surface area contributed by atoms with E-state index in [1.165, 1.54) is 10.9 Å². The van der Waals surface area contributed by atoms with Crippen molar-refractivity contribution in [3.63, 3.8) is 0 Å². The van der Waals surface area contributed by atoms with E-state index >= 15 is 0 Å². The highest BCUT2D eigenvalue weighted by Gasteiger charge is 2.28. The Bertz CT molecular complexity index is 1120. The number of ether oxygens (including phenoxy) is 1. The molecule has 1 fully saturated rings. The molecule has 1 saturated heterocycles. The van der Waals surface area contributed by atoms with Gasteiger partial charge in [0.2, 0.25) is 5.95 Å². The highest BCUT2D eigenvalue weighted by molar-refractivity contribution is 5.99. The van der Waals surface area contributed by atoms with E-state index in [1.54, 1.807) is 12.1 Å². The van der Waals surface area contributed by atoms with Crippen LogP contribution in [0.25, 0.3) is 16.9 Å². The van der Waals surface area contributed by atoms with Gasteiger partial charge in [-0.2, -0.15) is 4.39 Å². The first-order chi connectivity index (χ1) is 15.1. The minimum atomic E-state index is -0.600. The fourth-order valence-electron chi connectivity index (χ4n) is 4.16. The Morgan fingerprint density at radius 3 is 2.81 bits per heavy atom. The van der Waals surface area contributed by atoms with Crippen LogP contribution in [0.2, 0.25) is 0 Å². The van der Waals surface area contributed by atoms with Gasteiger partial charge in [-0.15, -0.1) is 5.10 Å². The predicted octanol–water partition coefficient (Wildman–Crippen LogP) is 2.06. The largest absolute Gasteiger partial charge is 0.379 e. The quantitative estimate of drug-likeness (QED) is 0.586. The Balaban J connectivity index is 1.35. The third-order valence-electron chi connectivity index (χ3n) is 5.91. The molecule has 0 unspecified atom stereocenters. The van der Waals surface area contributed by atoms with Gasteiger partial charge in [0.25, 0.3) is 5.91 Å². The molecular formula is C22H23FN6O2. The number of rotatable bonds is 5. The molecule has 4 heterocycles. The highest BCUT2D eigenvalue weighted by Crippen LogP contribution is 2.29. The van der Waals surface area contributed by atoms with Gasteiger partial charge in [-0.25, -0.2) is 9.67 Å². The first-order valence-corrected chi connectivity index (χ1v) is 10.4. The van der Waals surface area contributed by atoms with Gasteiger partial charge in [0.15, 0.2) is 0 Å². The molecule has 3 aromatic rings. The smallest absolute Gasteiger partial charge is 0.254 e. The molecule has 8 nitrogen and oxygen atoms in total. The molecule has 0 spiro atoms. The summed E-state index contributed by atoms with van der Waals surface area (Å²) in [6.07, 6.45) is 1.40. The molecule has 2 aliphatic rings. The predicted molar refractivity (Wildman–Crippen MR) is 111 cm³/mol. The van der Waals surface area contributed by atoms with Crippen LogP contribution >= 0.6 is 0 Å². The van der Waals surface area contributed by atoms with Crippen molar-refractivity contribution in [2.75, 3.05) is 39.4 Å². The molecule has 5 rings (SSSR count). The molecule has 1 aromatic carbocycles. The van der Waals surface area contributed by atoms with Crippen molar-refractivity contribution in [3.05, 3.63) is 59.3 Å². The van der Waals surface area contributed by atoms with Crippen molar-refractivity contribution >= 4 is 5.91 Å². The number of aromatic nitrogens is 4. The average Bonchev–Trinajstić information content (AvgIpc) is 3.32. The lowest BCUT2D eigenvalue weighted by Crippen LogP contribution is -2.41. The van der Waals surface area contributed by atoms with E-state index in [1.807, 2.05) is 30.0 Å². The van der Waals surface area contributed by atoms with Crippen LogP contribution in [0.3, 0.4) is 0 Å². The van der Waals surface area contributed by atoms with Gasteiger partial charge in [0.1, 0.15) is 11.4 Å². The van der Waals surface area contributed by atoms with Crippen molar-refractivity contribution in [1.29, 1.82) is 0 Å². The van der Waals surface area contributed by atoms with Crippen LogP contribution in [-0.2, 0) is 11.3 Å². The summed E-state index contributed by atoms with van der Waals surface area (Å²) >= 11 is 0. The van der Waals surface area contributed by atoms with Crippen LogP contribution in [0, 0.1) is 12.9 Å². The number of pyridine rings is 1. The van der Waals surface area contributed by atoms with Gasteiger partial charge in [-0.05, 0) is 36.8 Å². The Morgan fingerprint density at radius 2 is 2.00 bits per heavy atom. The first-order valence-electron chi connectivity index (χ1n) is 10.4. The maximum atomic E-state index is 14.1. The normalized spacial score (nSPS) is 16.7. The van der Waals surface area contributed by atoms with Crippen LogP contribution in [0.4, 0.5) is 4.39 Å². The van der Waals surface area contributed by atoms with Crippen molar-refractivity contribution in [1.82, 2.24) is 29.8 Å². The van der Waals surface area contributed by atoms with E-state index in [4.69, 9.17) is 4.74 Å². The lowest BCUT2D eigenvalue weighted by atomic mass is 10.0. The summed E-state index contributed by atoms with van der Waals surface area (Å²) in [5.74, 6) is -0.537. The zero-order chi connectivity index (χ0) is 21.4. The molecule has 0 bridgehead atoms. The highest BCUT2D eigenvalue weighted by atomic mass is 19.1. The molecule has 0 saturated carbocycles. The monoisotopic (exact) mass is 422 g/mol. The van der Waals surface area contributed by atoms with Crippen molar-refractivity contribution < 1.29 is 13.9 Å². The van der Waals surface area contributed by atoms with Crippen molar-refractivity contribution in [3.8, 4) is 16.9 Å². The van der Waals surface area contributed by atoms with Gasteiger partial charge in [0.05, 0.1) is 18.9 Å². The summed E-state index contributed by atoms with van der Waals surface area (Å²) in [4.78, 5) is 20.7. The summed E-state index contributed by atoms with van der Waals surface area (Å²) in [7, 11) is 0. The van der Waals surface area contributed by atoms with E-state index < -0.39 is 5.95 Å². The van der Waals surface area contributed by atoms with Gasteiger partial charge in [0, 0.05) is 50.0 Å². The second kappa shape index (κ2) is 8.16. The Morgan fingerprint density at radius 1 is 1.16 bits per heavy atom. The lowest BCUT2D eigenvalue weighted by Gasteiger charge is -2.28. The van der Waals surface area contributed by atoms with Crippen molar-refractivity contribution in [2.24, 2.45) is 0 Å². The number of morpholine rings is 1. The molecule has 31 heavy (non-hydrogen) atoms. The minimum absolute atomic E-state index is 0.0626. The molecule has 0 atom stereocenters. The van der Waals surface area contributed by atoms with Gasteiger partial charge in [-0.1, -0.05) is 11.3 Å². The van der Waals surface area contributed by atoms with E-state index in [0.717, 1.165) is 49.5 Å². The van der Waals surface area contributed by atoms with E-state index in [2.05, 4.69) is 20.2 Å². The zero-order valence-electron chi connectivity index (χ0n) is 17.3. The number of amides is 1. The maximum absolute atomic E-state index is 14.1. The van der Waals surface area contributed by atoms with Crippen LogP contribution in [0.15, 0.2) is 36.5 Å². The van der Waals surface area contributed by atoms with Crippen LogP contribution < -0.4 is 0 Å². The third kappa shape index (κ3) is 3.70. The summed E-state index contributed by atoms with van der Waals surface area (Å²) in [5, 5.41) is 8.39. The standard InChI is InChI=1S/C22H23FN6O2/c1-15-20(25-26-29(15)19-3-2-6-24-21(19)23)16-4-5-18-17(13-16)14-28(22(18)30)8-7-27-9-11-31-12-10-27/h2-6,13H,7-12,14H2,1H3. The van der Waals surface area contributed by atoms with Gasteiger partial charge >= 0.3 is 0 Å². The summed E-state index contributed by atoms with van der Waals surface area (Å²) in [6.45, 7) is 7.28. The second-order valence-electron chi connectivity index (χ2n) is 7.80. The number of carbonyl (C=O) groups is 1. The van der Waals surface area contributed by atoms with E-state index in [-0.39, 0.29) is 11.6 Å². The number of hydrogen-bond donors (Lipinski definition) is 0. The molecule has 0 aliphatic carbocycles. The molecule has 9 heteroatoms. The SMILES string of the molecule is Cc1c(-c2ccc3c(c2)CN(CCN2CCOCC2)C3=O)nnn1-c1cccnc1F. The van der Waals surface area contributed by atoms with E-state index in [0.29, 0.717) is 24.5 Å². The summed E-state index contributed by atoms with van der Waals surface area (Å²) in [5.41, 5.74) is 4.18. The van der Waals surface area contributed by atoms with Gasteiger partial charge in [-0.3, -0.25) is 9.69 Å². The van der Waals surface area contributed by atoms with Crippen LogP contribution in [0.5, 0.6) is 0 Å². The first kappa shape index (κ1) is 19.8. The number of benzene rings is 1. The Labute approximate surface area is 179 Å². The number of halogens is 1. The average molecular weight is 422 g/mol. The topological polar surface area (TPSA) is 76.4 Å². The molecule has 0 N–H and O–H groups in total. The molecule has 160 valence electrons. The third-order valence-corrected chi connectivity index (χ3v) is 5.91. The number of carbonyl (C=O) groups excluding carboxylic acids is 1. The molecule has 1 amide bonds. The molecule has 2 aromatic heterocycles. The maximum Gasteiger partial charge on any atom is 0.254 e. The second-order valence-corrected chi connectivity index (χ2v) is 7.80. The van der Waals surface area contributed by atoms with E-state index in [9.17, 15) is 9.18 Å². The number of nitrogens with zero attached hydrogens (tertiary/aromatic N) is 6.